The summed E-state index contributed by atoms with van der Waals surface area (Å²) >= 11 is 0. The number of phenols is 1. The minimum atomic E-state index is -2.07. The van der Waals surface area contributed by atoms with Gasteiger partial charge in [-0.05, 0) is 66.7 Å². The van der Waals surface area contributed by atoms with E-state index in [9.17, 15) is 15.0 Å². The second kappa shape index (κ2) is 12.7. The molecule has 0 saturated carbocycles. The molecule has 0 unspecified atom stereocenters. The van der Waals surface area contributed by atoms with Crippen molar-refractivity contribution >= 4 is 14.3 Å². The number of esters is 1. The molecule has 0 aliphatic rings. The predicted octanol–water partition coefficient (Wildman–Crippen LogP) is 5.27. The van der Waals surface area contributed by atoms with Crippen molar-refractivity contribution in [1.82, 2.24) is 5.32 Å². The number of aryl methyl sites for hydroxylation is 1. The van der Waals surface area contributed by atoms with Crippen LogP contribution in [0.4, 0.5) is 0 Å². The van der Waals surface area contributed by atoms with E-state index in [0.29, 0.717) is 24.9 Å². The molecule has 2 rings (SSSR count). The van der Waals surface area contributed by atoms with Gasteiger partial charge in [0.1, 0.15) is 5.75 Å². The Bertz CT molecular complexity index is 970. The number of carbonyl (C=O) groups excluding carboxylic acids is 1. The van der Waals surface area contributed by atoms with Crippen molar-refractivity contribution in [2.24, 2.45) is 0 Å². The normalized spacial score (nSPS) is 13.9. The summed E-state index contributed by atoms with van der Waals surface area (Å²) in [5.41, 5.74) is 3.78. The summed E-state index contributed by atoms with van der Waals surface area (Å²) < 4.78 is 11.5. The summed E-state index contributed by atoms with van der Waals surface area (Å²) in [6.07, 6.45) is 1.69. The van der Waals surface area contributed by atoms with Crippen molar-refractivity contribution in [3.05, 3.63) is 64.7 Å². The van der Waals surface area contributed by atoms with Crippen LogP contribution in [0.15, 0.2) is 42.5 Å². The summed E-state index contributed by atoms with van der Waals surface area (Å²) in [6.45, 7) is 13.7. The lowest BCUT2D eigenvalue weighted by Crippen LogP contribution is -2.44. The Morgan fingerprint density at radius 3 is 2.43 bits per heavy atom. The monoisotopic (exact) mass is 501 g/mol. The highest BCUT2D eigenvalue weighted by molar-refractivity contribution is 6.74. The van der Waals surface area contributed by atoms with Crippen molar-refractivity contribution in [2.45, 2.75) is 83.8 Å². The standard InChI is InChI=1S/C28H43NO5Si/c1-20(15-22-10-8-9-21(16-22)11-14-27(32)33-5)29-18-26(34-35(6,7)28(2,3)4)23-12-13-25(31)24(17-23)19-30/h8-10,12-13,16-17,20,26,29-31H,11,14-15,18-19H2,1-7H3/t20-,26-/m1/s1. The summed E-state index contributed by atoms with van der Waals surface area (Å²) in [5.74, 6) is -0.104. The summed E-state index contributed by atoms with van der Waals surface area (Å²) in [5, 5.41) is 23.4. The number of aliphatic hydroxyl groups is 1. The van der Waals surface area contributed by atoms with E-state index in [-0.39, 0.29) is 35.5 Å². The lowest BCUT2D eigenvalue weighted by molar-refractivity contribution is -0.140. The molecule has 0 radical (unpaired) electrons. The molecule has 0 fully saturated rings. The van der Waals surface area contributed by atoms with E-state index in [1.54, 1.807) is 6.07 Å². The molecule has 0 bridgehead atoms. The quantitative estimate of drug-likeness (QED) is 0.271. The van der Waals surface area contributed by atoms with Crippen LogP contribution in [0.3, 0.4) is 0 Å². The van der Waals surface area contributed by atoms with Gasteiger partial charge in [0.15, 0.2) is 8.32 Å². The Balaban J connectivity index is 2.12. The first-order valence-corrected chi connectivity index (χ1v) is 15.3. The molecule has 0 spiro atoms. The van der Waals surface area contributed by atoms with Crippen LogP contribution in [0.5, 0.6) is 5.75 Å². The Hall–Kier alpha value is -2.19. The molecule has 0 aromatic heterocycles. The average Bonchev–Trinajstić information content (AvgIpc) is 2.80. The van der Waals surface area contributed by atoms with E-state index in [1.807, 2.05) is 24.3 Å². The fourth-order valence-electron chi connectivity index (χ4n) is 3.69. The maximum Gasteiger partial charge on any atom is 0.305 e. The molecule has 2 aromatic carbocycles. The second-order valence-corrected chi connectivity index (χ2v) is 15.6. The molecule has 0 heterocycles. The molecule has 194 valence electrons. The van der Waals surface area contributed by atoms with Crippen molar-refractivity contribution in [1.29, 1.82) is 0 Å². The number of rotatable bonds is 12. The third kappa shape index (κ3) is 8.76. The number of carbonyl (C=O) groups is 1. The van der Waals surface area contributed by atoms with Gasteiger partial charge >= 0.3 is 5.97 Å². The van der Waals surface area contributed by atoms with Crippen LogP contribution in [0, 0.1) is 0 Å². The van der Waals surface area contributed by atoms with Crippen LogP contribution in [-0.2, 0) is 33.4 Å². The highest BCUT2D eigenvalue weighted by Gasteiger charge is 2.39. The zero-order chi connectivity index (χ0) is 26.2. The first-order chi connectivity index (χ1) is 16.4. The molecular formula is C28H43NO5Si. The van der Waals surface area contributed by atoms with E-state index in [0.717, 1.165) is 17.5 Å². The fourth-order valence-corrected chi connectivity index (χ4v) is 4.97. The summed E-state index contributed by atoms with van der Waals surface area (Å²) in [7, 11) is -0.656. The smallest absolute Gasteiger partial charge is 0.305 e. The zero-order valence-electron chi connectivity index (χ0n) is 22.4. The van der Waals surface area contributed by atoms with Gasteiger partial charge in [0.2, 0.25) is 0 Å². The molecule has 7 heteroatoms. The molecule has 0 aliphatic heterocycles. The molecule has 0 aliphatic carbocycles. The SMILES string of the molecule is COC(=O)CCc1cccc(C[C@@H](C)NC[C@@H](O[Si](C)(C)C(C)(C)C)c2ccc(O)c(CO)c2)c1. The molecule has 6 nitrogen and oxygen atoms in total. The van der Waals surface area contributed by atoms with Gasteiger partial charge in [0.25, 0.3) is 0 Å². The number of methoxy groups -OCH3 is 1. The molecule has 2 aromatic rings. The van der Waals surface area contributed by atoms with Crippen LogP contribution in [0.1, 0.15) is 62.5 Å². The molecule has 0 saturated heterocycles. The lowest BCUT2D eigenvalue weighted by Gasteiger charge is -2.40. The van der Waals surface area contributed by atoms with Gasteiger partial charge < -0.3 is 24.7 Å². The number of ether oxygens (including phenoxy) is 1. The molecule has 2 atom stereocenters. The first-order valence-electron chi connectivity index (χ1n) is 12.3. The number of benzene rings is 2. The molecule has 0 amide bonds. The van der Waals surface area contributed by atoms with Gasteiger partial charge in [0.05, 0.1) is 19.8 Å². The Kier molecular flexibility index (Phi) is 10.5. The molecule has 3 N–H and O–H groups in total. The highest BCUT2D eigenvalue weighted by atomic mass is 28.4. The Labute approximate surface area is 211 Å². The minimum absolute atomic E-state index is 0.0538. The van der Waals surface area contributed by atoms with Gasteiger partial charge in [-0.3, -0.25) is 4.79 Å². The molecular weight excluding hydrogens is 458 g/mol. The van der Waals surface area contributed by atoms with E-state index in [1.165, 1.54) is 12.7 Å². The first kappa shape index (κ1) is 29.0. The highest BCUT2D eigenvalue weighted by Crippen LogP contribution is 2.40. The van der Waals surface area contributed by atoms with Crippen molar-refractivity contribution < 1.29 is 24.2 Å². The van der Waals surface area contributed by atoms with Gasteiger partial charge in [-0.1, -0.05) is 51.1 Å². The van der Waals surface area contributed by atoms with Crippen LogP contribution in [0.25, 0.3) is 0 Å². The van der Waals surface area contributed by atoms with Gasteiger partial charge in [0, 0.05) is 24.6 Å². The van der Waals surface area contributed by atoms with Crippen molar-refractivity contribution in [3.8, 4) is 5.75 Å². The maximum atomic E-state index is 11.5. The topological polar surface area (TPSA) is 88.0 Å². The van der Waals surface area contributed by atoms with Gasteiger partial charge in [-0.15, -0.1) is 0 Å². The summed E-state index contributed by atoms with van der Waals surface area (Å²) in [6, 6.07) is 13.9. The second-order valence-electron chi connectivity index (χ2n) is 10.8. The minimum Gasteiger partial charge on any atom is -0.508 e. The van der Waals surface area contributed by atoms with E-state index in [4.69, 9.17) is 9.16 Å². The number of hydrogen-bond acceptors (Lipinski definition) is 6. The Morgan fingerprint density at radius 2 is 1.80 bits per heavy atom. The number of aromatic hydroxyl groups is 1. The Morgan fingerprint density at radius 1 is 1.11 bits per heavy atom. The molecule has 35 heavy (non-hydrogen) atoms. The number of aliphatic hydroxyl groups excluding tert-OH is 1. The average molecular weight is 502 g/mol. The van der Waals surface area contributed by atoms with E-state index >= 15 is 0 Å². The number of nitrogens with one attached hydrogen (secondary N) is 1. The van der Waals surface area contributed by atoms with Gasteiger partial charge in [-0.25, -0.2) is 0 Å². The van der Waals surface area contributed by atoms with Crippen LogP contribution in [0.2, 0.25) is 18.1 Å². The third-order valence-corrected chi connectivity index (χ3v) is 11.4. The van der Waals surface area contributed by atoms with Crippen LogP contribution < -0.4 is 5.32 Å². The predicted molar refractivity (Wildman–Crippen MR) is 143 cm³/mol. The van der Waals surface area contributed by atoms with Crippen LogP contribution in [-0.4, -0.2) is 44.2 Å². The number of hydrogen-bond donors (Lipinski definition) is 3. The van der Waals surface area contributed by atoms with Gasteiger partial charge in [-0.2, -0.15) is 0 Å². The maximum absolute atomic E-state index is 11.5. The van der Waals surface area contributed by atoms with E-state index < -0.39 is 8.32 Å². The largest absolute Gasteiger partial charge is 0.508 e. The van der Waals surface area contributed by atoms with Crippen LogP contribution >= 0.6 is 0 Å². The summed E-state index contributed by atoms with van der Waals surface area (Å²) in [4.78, 5) is 11.5. The third-order valence-electron chi connectivity index (χ3n) is 6.92. The van der Waals surface area contributed by atoms with Crippen molar-refractivity contribution in [2.75, 3.05) is 13.7 Å². The lowest BCUT2D eigenvalue weighted by atomic mass is 10.0. The van der Waals surface area contributed by atoms with E-state index in [2.05, 4.69) is 58.2 Å². The fraction of sp³-hybridized carbons (Fsp3) is 0.536. The van der Waals surface area contributed by atoms with Crippen molar-refractivity contribution in [3.63, 3.8) is 0 Å². The zero-order valence-corrected chi connectivity index (χ0v) is 23.4.